The zero-order chi connectivity index (χ0) is 21.7. The van der Waals surface area contributed by atoms with Crippen LogP contribution in [0.25, 0.3) is 0 Å². The fourth-order valence-corrected chi connectivity index (χ4v) is 3.57. The third-order valence-electron chi connectivity index (χ3n) is 5.34. The lowest BCUT2D eigenvalue weighted by Crippen LogP contribution is -2.48. The molecule has 0 radical (unpaired) electrons. The van der Waals surface area contributed by atoms with Gasteiger partial charge in [0, 0.05) is 35.1 Å². The van der Waals surface area contributed by atoms with Crippen molar-refractivity contribution >= 4 is 29.3 Å². The first-order valence-corrected chi connectivity index (χ1v) is 10.1. The van der Waals surface area contributed by atoms with Gasteiger partial charge in [-0.15, -0.1) is 0 Å². The van der Waals surface area contributed by atoms with Gasteiger partial charge in [-0.2, -0.15) is 4.98 Å². The molecule has 0 spiro atoms. The first-order chi connectivity index (χ1) is 14.4. The SMILES string of the molecule is C=CC(=O)NC1CCCCC1Nc1nc(Nc2cc(C(N)=O)ccc2C)ncc1C. The van der Waals surface area contributed by atoms with Crippen LogP contribution in [0, 0.1) is 13.8 Å². The van der Waals surface area contributed by atoms with E-state index < -0.39 is 5.91 Å². The second-order valence-electron chi connectivity index (χ2n) is 7.60. The Balaban J connectivity index is 1.80. The number of aryl methyl sites for hydroxylation is 2. The Bertz CT molecular complexity index is 959. The summed E-state index contributed by atoms with van der Waals surface area (Å²) >= 11 is 0. The molecule has 1 aromatic heterocycles. The van der Waals surface area contributed by atoms with E-state index in [-0.39, 0.29) is 18.0 Å². The van der Waals surface area contributed by atoms with Crippen molar-refractivity contribution in [2.75, 3.05) is 10.6 Å². The average Bonchev–Trinajstić information content (AvgIpc) is 2.73. The van der Waals surface area contributed by atoms with Gasteiger partial charge in [0.15, 0.2) is 0 Å². The summed E-state index contributed by atoms with van der Waals surface area (Å²) in [7, 11) is 0. The van der Waals surface area contributed by atoms with Gasteiger partial charge >= 0.3 is 0 Å². The fraction of sp³-hybridized carbons (Fsp3) is 0.364. The number of benzene rings is 1. The smallest absolute Gasteiger partial charge is 0.248 e. The van der Waals surface area contributed by atoms with Crippen LogP contribution in [0.1, 0.15) is 47.2 Å². The molecule has 8 heteroatoms. The zero-order valence-electron chi connectivity index (χ0n) is 17.4. The maximum atomic E-state index is 11.8. The summed E-state index contributed by atoms with van der Waals surface area (Å²) in [5.41, 5.74) is 8.37. The third kappa shape index (κ3) is 5.14. The van der Waals surface area contributed by atoms with Gasteiger partial charge in [-0.25, -0.2) is 4.98 Å². The number of carbonyl (C=O) groups excluding carboxylic acids is 2. The van der Waals surface area contributed by atoms with Crippen molar-refractivity contribution in [1.82, 2.24) is 15.3 Å². The highest BCUT2D eigenvalue weighted by Gasteiger charge is 2.26. The molecule has 3 rings (SSSR count). The molecular weight excluding hydrogens is 380 g/mol. The van der Waals surface area contributed by atoms with Crippen molar-refractivity contribution < 1.29 is 9.59 Å². The Kier molecular flexibility index (Phi) is 6.66. The summed E-state index contributed by atoms with van der Waals surface area (Å²) in [5.74, 6) is 0.465. The number of nitrogens with two attached hydrogens (primary N) is 1. The number of anilines is 3. The van der Waals surface area contributed by atoms with E-state index in [4.69, 9.17) is 5.73 Å². The molecule has 1 aliphatic carbocycles. The number of hydrogen-bond donors (Lipinski definition) is 4. The summed E-state index contributed by atoms with van der Waals surface area (Å²) in [5, 5.41) is 9.67. The van der Waals surface area contributed by atoms with E-state index in [1.807, 2.05) is 19.9 Å². The first kappa shape index (κ1) is 21.3. The Hall–Kier alpha value is -3.42. The lowest BCUT2D eigenvalue weighted by atomic mass is 9.90. The largest absolute Gasteiger partial charge is 0.366 e. The van der Waals surface area contributed by atoms with Crippen LogP contribution in [0.15, 0.2) is 37.1 Å². The Labute approximate surface area is 176 Å². The number of carbonyl (C=O) groups is 2. The predicted molar refractivity (Wildman–Crippen MR) is 118 cm³/mol. The lowest BCUT2D eigenvalue weighted by molar-refractivity contribution is -0.117. The first-order valence-electron chi connectivity index (χ1n) is 10.1. The van der Waals surface area contributed by atoms with Crippen molar-refractivity contribution in [2.24, 2.45) is 5.73 Å². The molecule has 0 bridgehead atoms. The maximum Gasteiger partial charge on any atom is 0.248 e. The second-order valence-corrected chi connectivity index (χ2v) is 7.60. The molecular formula is C22H28N6O2. The highest BCUT2D eigenvalue weighted by Crippen LogP contribution is 2.25. The highest BCUT2D eigenvalue weighted by atomic mass is 16.1. The maximum absolute atomic E-state index is 11.8. The van der Waals surface area contributed by atoms with Gasteiger partial charge in [0.25, 0.3) is 0 Å². The summed E-state index contributed by atoms with van der Waals surface area (Å²) in [6, 6.07) is 5.29. The molecule has 2 amide bonds. The van der Waals surface area contributed by atoms with E-state index >= 15 is 0 Å². The number of hydrogen-bond acceptors (Lipinski definition) is 6. The Morgan fingerprint density at radius 1 is 1.17 bits per heavy atom. The molecule has 1 fully saturated rings. The van der Waals surface area contributed by atoms with Crippen LogP contribution in [0.4, 0.5) is 17.5 Å². The molecule has 1 aliphatic rings. The summed E-state index contributed by atoms with van der Waals surface area (Å²) in [6.45, 7) is 7.40. The lowest BCUT2D eigenvalue weighted by Gasteiger charge is -2.33. The van der Waals surface area contributed by atoms with Crippen molar-refractivity contribution in [1.29, 1.82) is 0 Å². The predicted octanol–water partition coefficient (Wildman–Crippen LogP) is 2.96. The molecule has 0 saturated heterocycles. The molecule has 1 saturated carbocycles. The molecule has 1 aromatic carbocycles. The number of amides is 2. The van der Waals surface area contributed by atoms with Crippen LogP contribution >= 0.6 is 0 Å². The van der Waals surface area contributed by atoms with Gasteiger partial charge in [-0.05, 0) is 50.5 Å². The molecule has 8 nitrogen and oxygen atoms in total. The van der Waals surface area contributed by atoms with E-state index in [0.717, 1.165) is 42.5 Å². The molecule has 2 atom stereocenters. The standard InChI is InChI=1S/C22H28N6O2/c1-4-19(29)25-16-7-5-6-8-17(16)26-21-14(3)12-24-22(28-21)27-18-11-15(20(23)30)10-9-13(18)2/h4,9-12,16-17H,1,5-8H2,2-3H3,(H2,23,30)(H,25,29)(H2,24,26,27,28). The Morgan fingerprint density at radius 2 is 1.90 bits per heavy atom. The van der Waals surface area contributed by atoms with Crippen LogP contribution < -0.4 is 21.7 Å². The van der Waals surface area contributed by atoms with Crippen LogP contribution in [-0.4, -0.2) is 33.9 Å². The molecule has 5 N–H and O–H groups in total. The zero-order valence-corrected chi connectivity index (χ0v) is 17.4. The van der Waals surface area contributed by atoms with Gasteiger partial charge < -0.3 is 21.7 Å². The normalized spacial score (nSPS) is 18.3. The fourth-order valence-electron chi connectivity index (χ4n) is 3.57. The van der Waals surface area contributed by atoms with E-state index in [2.05, 4.69) is 32.5 Å². The molecule has 0 aliphatic heterocycles. The molecule has 158 valence electrons. The summed E-state index contributed by atoms with van der Waals surface area (Å²) < 4.78 is 0. The summed E-state index contributed by atoms with van der Waals surface area (Å²) in [6.07, 6.45) is 7.05. The van der Waals surface area contributed by atoms with Gasteiger partial charge in [0.2, 0.25) is 17.8 Å². The third-order valence-corrected chi connectivity index (χ3v) is 5.34. The van der Waals surface area contributed by atoms with Crippen molar-refractivity contribution in [2.45, 2.75) is 51.6 Å². The van der Waals surface area contributed by atoms with E-state index in [1.165, 1.54) is 6.08 Å². The van der Waals surface area contributed by atoms with Crippen molar-refractivity contribution in [3.8, 4) is 0 Å². The molecule has 2 unspecified atom stereocenters. The van der Waals surface area contributed by atoms with Gasteiger partial charge in [0.1, 0.15) is 5.82 Å². The topological polar surface area (TPSA) is 122 Å². The van der Waals surface area contributed by atoms with Gasteiger partial charge in [-0.1, -0.05) is 25.5 Å². The quantitative estimate of drug-likeness (QED) is 0.523. The van der Waals surface area contributed by atoms with Crippen LogP contribution in [0.2, 0.25) is 0 Å². The molecule has 1 heterocycles. The van der Waals surface area contributed by atoms with E-state index in [9.17, 15) is 9.59 Å². The van der Waals surface area contributed by atoms with Crippen LogP contribution in [0.3, 0.4) is 0 Å². The minimum atomic E-state index is -0.491. The number of primary amides is 1. The number of rotatable bonds is 7. The summed E-state index contributed by atoms with van der Waals surface area (Å²) in [4.78, 5) is 32.3. The van der Waals surface area contributed by atoms with Crippen LogP contribution in [-0.2, 0) is 4.79 Å². The van der Waals surface area contributed by atoms with Gasteiger partial charge in [-0.3, -0.25) is 9.59 Å². The van der Waals surface area contributed by atoms with Gasteiger partial charge in [0.05, 0.1) is 0 Å². The van der Waals surface area contributed by atoms with Crippen molar-refractivity contribution in [3.63, 3.8) is 0 Å². The number of nitrogens with zero attached hydrogens (tertiary/aromatic N) is 2. The van der Waals surface area contributed by atoms with Crippen LogP contribution in [0.5, 0.6) is 0 Å². The monoisotopic (exact) mass is 408 g/mol. The minimum Gasteiger partial charge on any atom is -0.366 e. The second kappa shape index (κ2) is 9.39. The Morgan fingerprint density at radius 3 is 2.60 bits per heavy atom. The highest BCUT2D eigenvalue weighted by molar-refractivity contribution is 5.94. The molecule has 2 aromatic rings. The average molecular weight is 409 g/mol. The van der Waals surface area contributed by atoms with E-state index in [0.29, 0.717) is 17.3 Å². The number of nitrogens with one attached hydrogen (secondary N) is 3. The number of aromatic nitrogens is 2. The van der Waals surface area contributed by atoms with E-state index in [1.54, 1.807) is 18.3 Å². The van der Waals surface area contributed by atoms with Crippen molar-refractivity contribution in [3.05, 3.63) is 53.7 Å². The minimum absolute atomic E-state index is 0.0181. The molecule has 30 heavy (non-hydrogen) atoms.